The Morgan fingerprint density at radius 2 is 1.67 bits per heavy atom. The first-order valence-electron chi connectivity index (χ1n) is 14.9. The van der Waals surface area contributed by atoms with Gasteiger partial charge in [-0.05, 0) is 81.7 Å². The summed E-state index contributed by atoms with van der Waals surface area (Å²) >= 11 is 0. The third kappa shape index (κ3) is 6.86. The van der Waals surface area contributed by atoms with Crippen molar-refractivity contribution >= 4 is 27.6 Å². The Bertz CT molecular complexity index is 2130. The van der Waals surface area contributed by atoms with Gasteiger partial charge in [0.15, 0.2) is 0 Å². The molecule has 4 aromatic rings. The van der Waals surface area contributed by atoms with Gasteiger partial charge in [0, 0.05) is 31.0 Å². The number of aliphatic carboxylic acids is 1. The van der Waals surface area contributed by atoms with Crippen LogP contribution in [0.1, 0.15) is 35.2 Å². The summed E-state index contributed by atoms with van der Waals surface area (Å²) in [6.45, 7) is 3.43. The molecule has 0 radical (unpaired) electrons. The predicted molar refractivity (Wildman–Crippen MR) is 174 cm³/mol. The Kier molecular flexibility index (Phi) is 9.55. The van der Waals surface area contributed by atoms with Crippen molar-refractivity contribution in [2.24, 2.45) is 0 Å². The SMILES string of the molecule is CC1=C(C(=O)O)C(c2ccc(C#N)cc2)n2c(nn(S(=O)(=O)c3ccc(CN(C)CCN(C)C)cc3)c2=O)N1c1cccc(C(F)(F)F)c1. The second kappa shape index (κ2) is 13.3. The van der Waals surface area contributed by atoms with Crippen LogP contribution in [0.25, 0.3) is 0 Å². The molecule has 0 saturated heterocycles. The number of aromatic nitrogens is 3. The van der Waals surface area contributed by atoms with Gasteiger partial charge in [-0.3, -0.25) is 4.90 Å². The quantitative estimate of drug-likeness (QED) is 0.256. The van der Waals surface area contributed by atoms with Crippen LogP contribution in [0, 0.1) is 11.3 Å². The highest BCUT2D eigenvalue weighted by Gasteiger charge is 2.42. The van der Waals surface area contributed by atoms with Crippen LogP contribution in [0.2, 0.25) is 0 Å². The Balaban J connectivity index is 1.68. The molecule has 1 unspecified atom stereocenters. The zero-order valence-electron chi connectivity index (χ0n) is 26.9. The van der Waals surface area contributed by atoms with E-state index in [1.165, 1.54) is 49.4 Å². The van der Waals surface area contributed by atoms with Gasteiger partial charge in [0.25, 0.3) is 10.0 Å². The van der Waals surface area contributed by atoms with E-state index < -0.39 is 51.0 Å². The lowest BCUT2D eigenvalue weighted by atomic mass is 9.94. The molecule has 2 heterocycles. The lowest BCUT2D eigenvalue weighted by Gasteiger charge is -2.35. The summed E-state index contributed by atoms with van der Waals surface area (Å²) in [6, 6.07) is 15.9. The number of halogens is 3. The van der Waals surface area contributed by atoms with Crippen LogP contribution >= 0.6 is 0 Å². The van der Waals surface area contributed by atoms with Gasteiger partial charge in [-0.2, -0.15) is 26.9 Å². The number of allylic oxidation sites excluding steroid dienone is 1. The van der Waals surface area contributed by atoms with Crippen LogP contribution in [0.15, 0.2) is 93.8 Å². The van der Waals surface area contributed by atoms with Crippen molar-refractivity contribution in [1.29, 1.82) is 5.26 Å². The number of hydrogen-bond donors (Lipinski definition) is 1. The summed E-state index contributed by atoms with van der Waals surface area (Å²) in [5.74, 6) is -1.94. The smallest absolute Gasteiger partial charge is 0.416 e. The number of likely N-dealkylation sites (N-methyl/N-ethyl adjacent to an activating group) is 2. The average Bonchev–Trinajstić information content (AvgIpc) is 3.40. The number of carboxylic acids is 1. The van der Waals surface area contributed by atoms with E-state index in [2.05, 4.69) is 10.00 Å². The number of fused-ring (bicyclic) bond motifs is 1. The van der Waals surface area contributed by atoms with Crippen LogP contribution in [-0.2, 0) is 27.5 Å². The molecule has 12 nitrogen and oxygen atoms in total. The fourth-order valence-corrected chi connectivity index (χ4v) is 6.72. The van der Waals surface area contributed by atoms with Gasteiger partial charge < -0.3 is 14.9 Å². The molecule has 49 heavy (non-hydrogen) atoms. The highest BCUT2D eigenvalue weighted by molar-refractivity contribution is 7.89. The zero-order chi connectivity index (χ0) is 35.8. The van der Waals surface area contributed by atoms with Crippen LogP contribution in [0.3, 0.4) is 0 Å². The highest BCUT2D eigenvalue weighted by atomic mass is 32.2. The van der Waals surface area contributed by atoms with Gasteiger partial charge in [-0.15, -0.1) is 5.10 Å². The predicted octanol–water partition coefficient (Wildman–Crippen LogP) is 4.27. The van der Waals surface area contributed by atoms with Crippen molar-refractivity contribution < 1.29 is 31.5 Å². The molecule has 1 atom stereocenters. The first-order valence-corrected chi connectivity index (χ1v) is 16.3. The molecule has 0 saturated carbocycles. The van der Waals surface area contributed by atoms with Crippen LogP contribution in [0.4, 0.5) is 24.8 Å². The molecule has 1 aliphatic rings. The number of nitrogens with zero attached hydrogens (tertiary/aromatic N) is 7. The maximum atomic E-state index is 14.2. The Labute approximate surface area is 280 Å². The van der Waals surface area contributed by atoms with Crippen LogP contribution < -0.4 is 10.6 Å². The van der Waals surface area contributed by atoms with Crippen molar-refractivity contribution in [2.75, 3.05) is 39.1 Å². The number of carboxylic acid groups (broad SMARTS) is 1. The van der Waals surface area contributed by atoms with Crippen LogP contribution in [-0.4, -0.2) is 77.3 Å². The average molecular weight is 696 g/mol. The summed E-state index contributed by atoms with van der Waals surface area (Å²) in [7, 11) is 1.12. The van der Waals surface area contributed by atoms with Crippen molar-refractivity contribution in [3.63, 3.8) is 0 Å². The van der Waals surface area contributed by atoms with Crippen molar-refractivity contribution in [1.82, 2.24) is 23.6 Å². The van der Waals surface area contributed by atoms with E-state index in [4.69, 9.17) is 0 Å². The highest BCUT2D eigenvalue weighted by Crippen LogP contribution is 2.43. The minimum absolute atomic E-state index is 0.106. The number of benzene rings is 3. The molecule has 0 fully saturated rings. The lowest BCUT2D eigenvalue weighted by Crippen LogP contribution is -2.39. The number of hydrogen-bond acceptors (Lipinski definition) is 9. The number of alkyl halides is 3. The van der Waals surface area contributed by atoms with E-state index in [1.54, 1.807) is 12.1 Å². The van der Waals surface area contributed by atoms with Gasteiger partial charge in [0.2, 0.25) is 5.95 Å². The van der Waals surface area contributed by atoms with E-state index in [-0.39, 0.29) is 31.5 Å². The van der Waals surface area contributed by atoms with E-state index in [9.17, 15) is 41.5 Å². The number of nitriles is 1. The van der Waals surface area contributed by atoms with Crippen LogP contribution in [0.5, 0.6) is 0 Å². The van der Waals surface area contributed by atoms with Crippen molar-refractivity contribution in [3.8, 4) is 6.07 Å². The van der Waals surface area contributed by atoms with E-state index >= 15 is 0 Å². The topological polar surface area (TPSA) is 145 Å². The van der Waals surface area contributed by atoms with Crippen molar-refractivity contribution in [3.05, 3.63) is 117 Å². The molecule has 5 rings (SSSR count). The third-order valence-corrected chi connectivity index (χ3v) is 9.63. The van der Waals surface area contributed by atoms with E-state index in [1.807, 2.05) is 32.1 Å². The molecule has 0 spiro atoms. The Morgan fingerprint density at radius 1 is 1.02 bits per heavy atom. The molecule has 1 aliphatic heterocycles. The fraction of sp³-hybridized carbons (Fsp3) is 0.273. The minimum Gasteiger partial charge on any atom is -0.478 e. The first-order chi connectivity index (χ1) is 23.0. The first kappa shape index (κ1) is 35.1. The summed E-state index contributed by atoms with van der Waals surface area (Å²) in [4.78, 5) is 31.8. The molecule has 16 heteroatoms. The standard InChI is InChI=1S/C33H32F3N7O5S/c1-21-28(30(44)45)29(24-12-8-22(19-37)9-13-24)42-31(41(21)26-7-5-6-25(18-26)33(34,35)36)38-43(32(42)46)49(47,48)27-14-10-23(11-15-27)20-40(4)17-16-39(2)3/h5-15,18,29H,16-17,20H2,1-4H3,(H,44,45). The maximum absolute atomic E-state index is 14.2. The molecule has 0 bridgehead atoms. The third-order valence-electron chi connectivity index (χ3n) is 8.07. The van der Waals surface area contributed by atoms with Gasteiger partial charge in [0.05, 0.1) is 27.7 Å². The maximum Gasteiger partial charge on any atom is 0.416 e. The summed E-state index contributed by atoms with van der Waals surface area (Å²) in [6.07, 6.45) is -4.76. The Morgan fingerprint density at radius 3 is 2.24 bits per heavy atom. The molecule has 1 N–H and O–H groups in total. The summed E-state index contributed by atoms with van der Waals surface area (Å²) in [5, 5.41) is 23.9. The van der Waals surface area contributed by atoms with Crippen molar-refractivity contribution in [2.45, 2.75) is 30.6 Å². The molecule has 3 aromatic carbocycles. The van der Waals surface area contributed by atoms with E-state index in [0.717, 1.165) is 46.3 Å². The minimum atomic E-state index is -4.76. The fourth-order valence-electron chi connectivity index (χ4n) is 5.57. The monoisotopic (exact) mass is 695 g/mol. The number of carbonyl (C=O) groups is 1. The molecule has 0 amide bonds. The largest absolute Gasteiger partial charge is 0.478 e. The second-order valence-electron chi connectivity index (χ2n) is 11.8. The zero-order valence-corrected chi connectivity index (χ0v) is 27.7. The number of anilines is 2. The normalized spacial score (nSPS) is 15.1. The molecular weight excluding hydrogens is 663 g/mol. The van der Waals surface area contributed by atoms with Gasteiger partial charge >= 0.3 is 17.8 Å². The summed E-state index contributed by atoms with van der Waals surface area (Å²) in [5.41, 5.74) is -1.80. The molecule has 1 aromatic heterocycles. The summed E-state index contributed by atoms with van der Waals surface area (Å²) < 4.78 is 70.2. The number of rotatable bonds is 10. The van der Waals surface area contributed by atoms with E-state index in [0.29, 0.717) is 6.54 Å². The molecule has 256 valence electrons. The Hall–Kier alpha value is -5.24. The second-order valence-corrected chi connectivity index (χ2v) is 13.6. The lowest BCUT2D eigenvalue weighted by molar-refractivity contribution is -0.137. The molecule has 0 aliphatic carbocycles. The van der Waals surface area contributed by atoms with Gasteiger partial charge in [-0.1, -0.05) is 34.4 Å². The molecular formula is C33H32F3N7O5S. The van der Waals surface area contributed by atoms with Gasteiger partial charge in [-0.25, -0.2) is 14.2 Å². The van der Waals surface area contributed by atoms with Gasteiger partial charge in [0.1, 0.15) is 6.04 Å².